The Hall–Kier alpha value is -1.57. The molecule has 0 spiro atoms. The van der Waals surface area contributed by atoms with Gasteiger partial charge >= 0.3 is 0 Å². The lowest BCUT2D eigenvalue weighted by atomic mass is 10.2. The zero-order valence-corrected chi connectivity index (χ0v) is 9.36. The predicted molar refractivity (Wildman–Crippen MR) is 65.1 cm³/mol. The van der Waals surface area contributed by atoms with Crippen molar-refractivity contribution in [2.45, 2.75) is 19.3 Å². The highest BCUT2D eigenvalue weighted by molar-refractivity contribution is 5.21. The third kappa shape index (κ3) is 5.35. The van der Waals surface area contributed by atoms with Crippen molar-refractivity contribution in [1.82, 2.24) is 0 Å². The molecule has 1 aromatic carbocycles. The first-order valence-electron chi connectivity index (χ1n) is 5.47. The van der Waals surface area contributed by atoms with E-state index in [-0.39, 0.29) is 5.82 Å². The molecule has 0 bridgehead atoms. The van der Waals surface area contributed by atoms with Gasteiger partial charge in [-0.25, -0.2) is 4.39 Å². The molecule has 0 heterocycles. The van der Waals surface area contributed by atoms with Gasteiger partial charge < -0.3 is 4.74 Å². The molecule has 86 valence electrons. The Morgan fingerprint density at radius 3 is 2.62 bits per heavy atom. The van der Waals surface area contributed by atoms with Crippen molar-refractivity contribution in [1.29, 1.82) is 0 Å². The van der Waals surface area contributed by atoms with Crippen molar-refractivity contribution >= 4 is 0 Å². The Labute approximate surface area is 96.3 Å². The number of rotatable bonds is 7. The summed E-state index contributed by atoms with van der Waals surface area (Å²) in [6.45, 7) is 4.29. The summed E-state index contributed by atoms with van der Waals surface area (Å²) in [6.07, 6.45) is 8.95. The monoisotopic (exact) mass is 220 g/mol. The molecule has 0 aliphatic rings. The Kier molecular flexibility index (Phi) is 6.00. The highest BCUT2D eigenvalue weighted by Crippen LogP contribution is 2.11. The fraction of sp³-hybridized carbons (Fsp3) is 0.286. The summed E-state index contributed by atoms with van der Waals surface area (Å²) in [5.74, 6) is 0.483. The average Bonchev–Trinajstić information content (AvgIpc) is 2.30. The van der Waals surface area contributed by atoms with Crippen LogP contribution in [0, 0.1) is 5.82 Å². The van der Waals surface area contributed by atoms with Crippen molar-refractivity contribution in [2.24, 2.45) is 0 Å². The zero-order valence-electron chi connectivity index (χ0n) is 9.36. The molecule has 0 fully saturated rings. The van der Waals surface area contributed by atoms with E-state index in [0.29, 0.717) is 6.61 Å². The quantitative estimate of drug-likeness (QED) is 0.496. The largest absolute Gasteiger partial charge is 0.494 e. The van der Waals surface area contributed by atoms with Crippen LogP contribution in [0.1, 0.15) is 19.3 Å². The van der Waals surface area contributed by atoms with E-state index in [4.69, 9.17) is 4.74 Å². The number of hydrogen-bond acceptors (Lipinski definition) is 1. The minimum Gasteiger partial charge on any atom is -0.494 e. The number of allylic oxidation sites excluding steroid dienone is 3. The van der Waals surface area contributed by atoms with Gasteiger partial charge in [-0.05, 0) is 43.5 Å². The van der Waals surface area contributed by atoms with Gasteiger partial charge in [0.2, 0.25) is 0 Å². The molecule has 1 rings (SSSR count). The summed E-state index contributed by atoms with van der Waals surface area (Å²) in [5, 5.41) is 0. The first-order chi connectivity index (χ1) is 7.83. The lowest BCUT2D eigenvalue weighted by Crippen LogP contribution is -1.96. The van der Waals surface area contributed by atoms with Crippen LogP contribution in [0.2, 0.25) is 0 Å². The van der Waals surface area contributed by atoms with Crippen molar-refractivity contribution in [3.05, 3.63) is 54.9 Å². The number of hydrogen-bond donors (Lipinski definition) is 0. The first-order valence-corrected chi connectivity index (χ1v) is 5.47. The molecule has 1 aromatic rings. The Balaban J connectivity index is 2.11. The molecular weight excluding hydrogens is 203 g/mol. The van der Waals surface area contributed by atoms with Crippen LogP contribution in [0.15, 0.2) is 49.1 Å². The maximum atomic E-state index is 12.6. The third-order valence-corrected chi connectivity index (χ3v) is 2.07. The zero-order chi connectivity index (χ0) is 11.6. The second kappa shape index (κ2) is 7.69. The molecular formula is C14H17FO. The standard InChI is InChI=1S/C14H17FO/c1-2-3-4-5-6-7-12-16-14-10-8-13(15)9-11-14/h2,4-5,8-11H,1,3,6-7,12H2/b5-4+. The molecule has 0 amide bonds. The van der Waals surface area contributed by atoms with Gasteiger partial charge in [-0.1, -0.05) is 18.2 Å². The second-order valence-electron chi connectivity index (χ2n) is 3.44. The summed E-state index contributed by atoms with van der Waals surface area (Å²) in [7, 11) is 0. The smallest absolute Gasteiger partial charge is 0.123 e. The average molecular weight is 220 g/mol. The van der Waals surface area contributed by atoms with Crippen LogP contribution in [-0.2, 0) is 0 Å². The number of halogens is 1. The molecule has 0 aliphatic heterocycles. The molecule has 0 aliphatic carbocycles. The molecule has 2 heteroatoms. The highest BCUT2D eigenvalue weighted by Gasteiger charge is 1.93. The molecule has 0 saturated carbocycles. The number of benzene rings is 1. The van der Waals surface area contributed by atoms with E-state index < -0.39 is 0 Å². The summed E-state index contributed by atoms with van der Waals surface area (Å²) in [5.41, 5.74) is 0. The summed E-state index contributed by atoms with van der Waals surface area (Å²) in [4.78, 5) is 0. The van der Waals surface area contributed by atoms with Crippen molar-refractivity contribution in [3.63, 3.8) is 0 Å². The fourth-order valence-corrected chi connectivity index (χ4v) is 1.23. The van der Waals surface area contributed by atoms with Crippen LogP contribution in [0.4, 0.5) is 4.39 Å². The SMILES string of the molecule is C=CC/C=C/CCCOc1ccc(F)cc1. The normalized spacial score (nSPS) is 10.6. The predicted octanol–water partition coefficient (Wildman–Crippen LogP) is 4.12. The first kappa shape index (κ1) is 12.5. The molecule has 0 unspecified atom stereocenters. The molecule has 0 radical (unpaired) electrons. The van der Waals surface area contributed by atoms with E-state index >= 15 is 0 Å². The molecule has 1 nitrogen and oxygen atoms in total. The number of ether oxygens (including phenoxy) is 1. The van der Waals surface area contributed by atoms with Gasteiger partial charge in [0, 0.05) is 0 Å². The van der Waals surface area contributed by atoms with E-state index in [0.717, 1.165) is 25.0 Å². The minimum atomic E-state index is -0.236. The van der Waals surface area contributed by atoms with Crippen LogP contribution in [0.3, 0.4) is 0 Å². The molecule has 16 heavy (non-hydrogen) atoms. The van der Waals surface area contributed by atoms with Crippen LogP contribution < -0.4 is 4.74 Å². The van der Waals surface area contributed by atoms with Crippen molar-refractivity contribution in [2.75, 3.05) is 6.61 Å². The maximum Gasteiger partial charge on any atom is 0.123 e. The van der Waals surface area contributed by atoms with Gasteiger partial charge in [0.15, 0.2) is 0 Å². The van der Waals surface area contributed by atoms with Gasteiger partial charge in [-0.3, -0.25) is 0 Å². The maximum absolute atomic E-state index is 12.6. The van der Waals surface area contributed by atoms with E-state index in [1.807, 2.05) is 6.08 Å². The van der Waals surface area contributed by atoms with E-state index in [2.05, 4.69) is 18.7 Å². The Bertz CT molecular complexity index is 327. The fourth-order valence-electron chi connectivity index (χ4n) is 1.23. The Morgan fingerprint density at radius 1 is 1.19 bits per heavy atom. The summed E-state index contributed by atoms with van der Waals surface area (Å²) < 4.78 is 18.0. The molecule has 0 atom stereocenters. The molecule has 0 aromatic heterocycles. The van der Waals surface area contributed by atoms with E-state index in [9.17, 15) is 4.39 Å². The van der Waals surface area contributed by atoms with Gasteiger partial charge in [0.1, 0.15) is 11.6 Å². The van der Waals surface area contributed by atoms with Crippen LogP contribution in [-0.4, -0.2) is 6.61 Å². The van der Waals surface area contributed by atoms with Gasteiger partial charge in [-0.15, -0.1) is 6.58 Å². The Morgan fingerprint density at radius 2 is 1.94 bits per heavy atom. The molecule has 0 N–H and O–H groups in total. The highest BCUT2D eigenvalue weighted by atomic mass is 19.1. The van der Waals surface area contributed by atoms with Crippen LogP contribution in [0.5, 0.6) is 5.75 Å². The van der Waals surface area contributed by atoms with Gasteiger partial charge in [0.25, 0.3) is 0 Å². The van der Waals surface area contributed by atoms with Gasteiger partial charge in [0.05, 0.1) is 6.61 Å². The molecule has 0 saturated heterocycles. The minimum absolute atomic E-state index is 0.236. The van der Waals surface area contributed by atoms with Gasteiger partial charge in [-0.2, -0.15) is 0 Å². The second-order valence-corrected chi connectivity index (χ2v) is 3.44. The number of unbranched alkanes of at least 4 members (excludes halogenated alkanes) is 1. The van der Waals surface area contributed by atoms with Crippen LogP contribution >= 0.6 is 0 Å². The summed E-state index contributed by atoms with van der Waals surface area (Å²) >= 11 is 0. The lowest BCUT2D eigenvalue weighted by molar-refractivity contribution is 0.311. The van der Waals surface area contributed by atoms with Crippen LogP contribution in [0.25, 0.3) is 0 Å². The van der Waals surface area contributed by atoms with Crippen molar-refractivity contribution in [3.8, 4) is 5.75 Å². The summed E-state index contributed by atoms with van der Waals surface area (Å²) in [6, 6.07) is 6.09. The lowest BCUT2D eigenvalue weighted by Gasteiger charge is -2.04. The topological polar surface area (TPSA) is 9.23 Å². The van der Waals surface area contributed by atoms with Crippen molar-refractivity contribution < 1.29 is 9.13 Å². The third-order valence-electron chi connectivity index (χ3n) is 2.07. The van der Waals surface area contributed by atoms with E-state index in [1.54, 1.807) is 12.1 Å². The van der Waals surface area contributed by atoms with E-state index in [1.165, 1.54) is 12.1 Å².